The van der Waals surface area contributed by atoms with Crippen molar-refractivity contribution in [2.24, 2.45) is 4.99 Å². The van der Waals surface area contributed by atoms with E-state index < -0.39 is 0 Å². The molecule has 8 heteroatoms. The Morgan fingerprint density at radius 3 is 3.06 bits per heavy atom. The van der Waals surface area contributed by atoms with Crippen molar-refractivity contribution in [3.8, 4) is 0 Å². The van der Waals surface area contributed by atoms with Crippen molar-refractivity contribution >= 4 is 28.7 Å². The van der Waals surface area contributed by atoms with Crippen molar-refractivity contribution in [1.29, 1.82) is 0 Å². The number of aliphatic imine (C=N–C) groups is 1. The fraction of sp³-hybridized carbons (Fsp3) is 0.600. The lowest BCUT2D eigenvalue weighted by molar-refractivity contribution is -0.118. The maximum absolute atomic E-state index is 11.0. The molecule has 1 aromatic rings. The molecule has 1 aliphatic heterocycles. The molecular weight excluding hydrogens is 252 g/mol. The zero-order chi connectivity index (χ0) is 13.0. The second kappa shape index (κ2) is 5.87. The molecule has 98 valence electrons. The summed E-state index contributed by atoms with van der Waals surface area (Å²) in [7, 11) is 1.89. The minimum Gasteiger partial charge on any atom is -0.360 e. The number of carbonyl (C=O) groups excluding carboxylic acids is 1. The molecule has 0 saturated carbocycles. The van der Waals surface area contributed by atoms with Crippen LogP contribution in [0.5, 0.6) is 0 Å². The molecule has 1 N–H and O–H groups in total. The van der Waals surface area contributed by atoms with Crippen molar-refractivity contribution in [2.45, 2.75) is 19.9 Å². The van der Waals surface area contributed by atoms with E-state index >= 15 is 0 Å². The molecule has 0 radical (unpaired) electrons. The monoisotopic (exact) mass is 268 g/mol. The zero-order valence-electron chi connectivity index (χ0n) is 10.5. The molecular formula is C10H16N6OS. The number of carbonyl (C=O) groups is 1. The summed E-state index contributed by atoms with van der Waals surface area (Å²) < 4.78 is 0. The molecule has 0 spiro atoms. The quantitative estimate of drug-likeness (QED) is 0.813. The van der Waals surface area contributed by atoms with Gasteiger partial charge in [-0.15, -0.1) is 10.2 Å². The van der Waals surface area contributed by atoms with Gasteiger partial charge in [0.25, 0.3) is 5.91 Å². The van der Waals surface area contributed by atoms with Crippen LogP contribution < -0.4 is 5.32 Å². The van der Waals surface area contributed by atoms with E-state index in [2.05, 4.69) is 27.4 Å². The normalized spacial score (nSPS) is 14.8. The van der Waals surface area contributed by atoms with Crippen LogP contribution in [0.1, 0.15) is 18.4 Å². The van der Waals surface area contributed by atoms with Gasteiger partial charge in [-0.05, 0) is 6.42 Å². The Hall–Kier alpha value is -1.54. The third kappa shape index (κ3) is 3.23. The van der Waals surface area contributed by atoms with E-state index in [4.69, 9.17) is 0 Å². The molecule has 0 bridgehead atoms. The van der Waals surface area contributed by atoms with Crippen LogP contribution >= 0.6 is 11.3 Å². The smallest absolute Gasteiger partial charge is 0.268 e. The van der Waals surface area contributed by atoms with Crippen molar-refractivity contribution in [2.75, 3.05) is 25.5 Å². The van der Waals surface area contributed by atoms with Crippen molar-refractivity contribution in [3.63, 3.8) is 0 Å². The second-order valence-electron chi connectivity index (χ2n) is 3.98. The maximum Gasteiger partial charge on any atom is 0.268 e. The van der Waals surface area contributed by atoms with E-state index in [0.717, 1.165) is 23.1 Å². The van der Waals surface area contributed by atoms with Crippen molar-refractivity contribution < 1.29 is 4.79 Å². The van der Waals surface area contributed by atoms with E-state index in [1.54, 1.807) is 11.3 Å². The topological polar surface area (TPSA) is 73.7 Å². The molecule has 0 saturated heterocycles. The lowest BCUT2D eigenvalue weighted by Crippen LogP contribution is -2.37. The number of nitrogens with one attached hydrogen (secondary N) is 1. The highest BCUT2D eigenvalue weighted by atomic mass is 32.1. The first kappa shape index (κ1) is 12.9. The Kier molecular flexibility index (Phi) is 4.21. The molecule has 0 aliphatic carbocycles. The molecule has 18 heavy (non-hydrogen) atoms. The van der Waals surface area contributed by atoms with Crippen molar-refractivity contribution in [1.82, 2.24) is 20.2 Å². The van der Waals surface area contributed by atoms with Gasteiger partial charge in [0.05, 0.1) is 6.54 Å². The van der Waals surface area contributed by atoms with Gasteiger partial charge in [0.2, 0.25) is 5.13 Å². The van der Waals surface area contributed by atoms with Crippen LogP contribution in [0.15, 0.2) is 4.99 Å². The SMILES string of the molecule is CCCNc1nnc(CN(C)N2C=NC(=O)C2)s1. The van der Waals surface area contributed by atoms with Crippen LogP contribution in [0.3, 0.4) is 0 Å². The van der Waals surface area contributed by atoms with Crippen LogP contribution in [-0.4, -0.2) is 52.6 Å². The molecule has 1 amide bonds. The summed E-state index contributed by atoms with van der Waals surface area (Å²) in [6, 6.07) is 0. The number of hydrogen-bond acceptors (Lipinski definition) is 7. The first-order valence-electron chi connectivity index (χ1n) is 5.80. The summed E-state index contributed by atoms with van der Waals surface area (Å²) in [5, 5.41) is 16.8. The molecule has 0 aromatic carbocycles. The Balaban J connectivity index is 1.87. The Morgan fingerprint density at radius 1 is 1.56 bits per heavy atom. The van der Waals surface area contributed by atoms with Gasteiger partial charge in [-0.25, -0.2) is 10.0 Å². The summed E-state index contributed by atoms with van der Waals surface area (Å²) in [4.78, 5) is 14.7. The van der Waals surface area contributed by atoms with Gasteiger partial charge in [0, 0.05) is 13.6 Å². The third-order valence-corrected chi connectivity index (χ3v) is 3.29. The average Bonchev–Trinajstić information content (AvgIpc) is 2.96. The Labute approximate surface area is 109 Å². The van der Waals surface area contributed by atoms with Crippen LogP contribution in [0.4, 0.5) is 5.13 Å². The summed E-state index contributed by atoms with van der Waals surface area (Å²) in [6.07, 6.45) is 2.60. The van der Waals surface area contributed by atoms with E-state index in [0.29, 0.717) is 13.1 Å². The van der Waals surface area contributed by atoms with Gasteiger partial charge >= 0.3 is 0 Å². The number of hydrogen-bond donors (Lipinski definition) is 1. The number of nitrogens with zero attached hydrogens (tertiary/aromatic N) is 5. The number of rotatable bonds is 6. The highest BCUT2D eigenvalue weighted by molar-refractivity contribution is 7.15. The van der Waals surface area contributed by atoms with E-state index in [1.165, 1.54) is 11.3 Å². The molecule has 2 rings (SSSR count). The summed E-state index contributed by atoms with van der Waals surface area (Å²) in [6.45, 7) is 3.92. The number of anilines is 1. The highest BCUT2D eigenvalue weighted by Gasteiger charge is 2.18. The van der Waals surface area contributed by atoms with Crippen LogP contribution in [-0.2, 0) is 11.3 Å². The molecule has 2 heterocycles. The van der Waals surface area contributed by atoms with E-state index in [9.17, 15) is 4.79 Å². The van der Waals surface area contributed by atoms with E-state index in [-0.39, 0.29) is 5.91 Å². The standard InChI is InChI=1S/C10H16N6OS/c1-3-4-11-10-14-13-9(18-10)6-15(2)16-5-8(17)12-7-16/h7H,3-6H2,1-2H3,(H,11,14). The molecule has 7 nitrogen and oxygen atoms in total. The van der Waals surface area contributed by atoms with Gasteiger partial charge in [-0.1, -0.05) is 18.3 Å². The second-order valence-corrected chi connectivity index (χ2v) is 5.04. The third-order valence-electron chi connectivity index (χ3n) is 2.43. The number of amides is 1. The molecule has 0 unspecified atom stereocenters. The molecule has 1 aromatic heterocycles. The fourth-order valence-corrected chi connectivity index (χ4v) is 2.28. The number of aromatic nitrogens is 2. The van der Waals surface area contributed by atoms with Gasteiger partial charge in [-0.3, -0.25) is 9.80 Å². The van der Waals surface area contributed by atoms with Crippen LogP contribution in [0.25, 0.3) is 0 Å². The largest absolute Gasteiger partial charge is 0.360 e. The average molecular weight is 268 g/mol. The molecule has 1 aliphatic rings. The first-order valence-corrected chi connectivity index (χ1v) is 6.61. The first-order chi connectivity index (χ1) is 8.69. The van der Waals surface area contributed by atoms with Crippen molar-refractivity contribution in [3.05, 3.63) is 5.01 Å². The van der Waals surface area contributed by atoms with E-state index in [1.807, 2.05) is 12.1 Å². The van der Waals surface area contributed by atoms with Gasteiger partial charge in [-0.2, -0.15) is 0 Å². The van der Waals surface area contributed by atoms with Gasteiger partial charge < -0.3 is 5.32 Å². The summed E-state index contributed by atoms with van der Waals surface area (Å²) in [5.41, 5.74) is 0. The summed E-state index contributed by atoms with van der Waals surface area (Å²) in [5.74, 6) is -0.121. The zero-order valence-corrected chi connectivity index (χ0v) is 11.3. The Morgan fingerprint density at radius 2 is 2.39 bits per heavy atom. The Bertz CT molecular complexity index is 445. The lowest BCUT2D eigenvalue weighted by atomic mass is 10.5. The predicted molar refractivity (Wildman–Crippen MR) is 70.4 cm³/mol. The predicted octanol–water partition coefficient (Wildman–Crippen LogP) is 0.577. The van der Waals surface area contributed by atoms with Crippen LogP contribution in [0, 0.1) is 0 Å². The van der Waals surface area contributed by atoms with Gasteiger partial charge in [0.15, 0.2) is 0 Å². The highest BCUT2D eigenvalue weighted by Crippen LogP contribution is 2.17. The molecule has 0 atom stereocenters. The number of hydrazine groups is 1. The van der Waals surface area contributed by atoms with Gasteiger partial charge in [0.1, 0.15) is 17.9 Å². The lowest BCUT2D eigenvalue weighted by Gasteiger charge is -2.24. The molecule has 0 fully saturated rings. The maximum atomic E-state index is 11.0. The minimum atomic E-state index is -0.121. The summed E-state index contributed by atoms with van der Waals surface area (Å²) >= 11 is 1.53. The fourth-order valence-electron chi connectivity index (χ4n) is 1.47. The van der Waals surface area contributed by atoms with Crippen LogP contribution in [0.2, 0.25) is 0 Å². The minimum absolute atomic E-state index is 0.121.